The number of carbonyl (C=O) groups excluding carboxylic acids is 1. The van der Waals surface area contributed by atoms with Gasteiger partial charge in [-0.1, -0.05) is 49.6 Å². The Hall–Kier alpha value is -1.35. The largest absolute Gasteiger partial charge is 0.465 e. The summed E-state index contributed by atoms with van der Waals surface area (Å²) in [6.45, 7) is 3.04. The predicted octanol–water partition coefficient (Wildman–Crippen LogP) is 3.29. The van der Waals surface area contributed by atoms with Crippen LogP contribution in [0.4, 0.5) is 0 Å². The Morgan fingerprint density at radius 2 is 1.95 bits per heavy atom. The molecule has 20 heavy (non-hydrogen) atoms. The van der Waals surface area contributed by atoms with Gasteiger partial charge in [-0.15, -0.1) is 0 Å². The molecule has 110 valence electrons. The molecule has 0 saturated heterocycles. The number of ether oxygens (including phenoxy) is 1. The minimum atomic E-state index is -0.157. The molecule has 1 aromatic rings. The zero-order chi connectivity index (χ0) is 14.2. The number of carbonyl (C=O) groups is 1. The monoisotopic (exact) mass is 275 g/mol. The molecule has 1 aliphatic carbocycles. The molecule has 1 aromatic carbocycles. The quantitative estimate of drug-likeness (QED) is 0.810. The van der Waals surface area contributed by atoms with E-state index in [4.69, 9.17) is 4.74 Å². The minimum absolute atomic E-state index is 0.0877. The van der Waals surface area contributed by atoms with Gasteiger partial charge < -0.3 is 10.1 Å². The highest BCUT2D eigenvalue weighted by molar-refractivity contribution is 5.76. The van der Waals surface area contributed by atoms with Crippen LogP contribution in [0.25, 0.3) is 0 Å². The zero-order valence-corrected chi connectivity index (χ0v) is 12.3. The molecule has 1 fully saturated rings. The van der Waals surface area contributed by atoms with Gasteiger partial charge in [0.15, 0.2) is 0 Å². The summed E-state index contributed by atoms with van der Waals surface area (Å²) >= 11 is 0. The summed E-state index contributed by atoms with van der Waals surface area (Å²) in [4.78, 5) is 12.2. The summed E-state index contributed by atoms with van der Waals surface area (Å²) < 4.78 is 5.24. The van der Waals surface area contributed by atoms with E-state index in [1.54, 1.807) is 0 Å². The van der Waals surface area contributed by atoms with E-state index in [-0.39, 0.29) is 12.0 Å². The Labute approximate surface area is 121 Å². The number of benzene rings is 1. The van der Waals surface area contributed by atoms with E-state index in [9.17, 15) is 4.79 Å². The fraction of sp³-hybridized carbons (Fsp3) is 0.588. The van der Waals surface area contributed by atoms with Crippen molar-refractivity contribution >= 4 is 5.97 Å². The van der Waals surface area contributed by atoms with Crippen molar-refractivity contribution in [2.75, 3.05) is 6.61 Å². The number of hydrogen-bond acceptors (Lipinski definition) is 3. The molecule has 1 aliphatic rings. The molecule has 2 rings (SSSR count). The molecule has 0 bridgehead atoms. The number of hydrogen-bond donors (Lipinski definition) is 1. The average Bonchev–Trinajstić information content (AvgIpc) is 2.50. The summed E-state index contributed by atoms with van der Waals surface area (Å²) in [6, 6.07) is 10.1. The summed E-state index contributed by atoms with van der Waals surface area (Å²) in [5, 5.41) is 3.42. The van der Waals surface area contributed by atoms with Crippen LogP contribution in [0.15, 0.2) is 30.3 Å². The topological polar surface area (TPSA) is 38.3 Å². The van der Waals surface area contributed by atoms with E-state index in [1.807, 2.05) is 25.1 Å². The zero-order valence-electron chi connectivity index (χ0n) is 12.3. The van der Waals surface area contributed by atoms with Gasteiger partial charge in [-0.3, -0.25) is 4.79 Å². The highest BCUT2D eigenvalue weighted by Gasteiger charge is 2.30. The van der Waals surface area contributed by atoms with Crippen molar-refractivity contribution in [2.24, 2.45) is 5.92 Å². The van der Waals surface area contributed by atoms with Gasteiger partial charge in [-0.2, -0.15) is 0 Å². The average molecular weight is 275 g/mol. The standard InChI is InChI=1S/C17H25NO2/c1-2-20-17(19)16(15-11-7-4-8-12-15)18-13-14-9-5-3-6-10-14/h3,5-6,9-10,15-16,18H,2,4,7-8,11-13H2,1H3. The van der Waals surface area contributed by atoms with E-state index in [0.29, 0.717) is 12.5 Å². The molecule has 1 atom stereocenters. The first kappa shape index (κ1) is 15.0. The van der Waals surface area contributed by atoms with Gasteiger partial charge in [0.1, 0.15) is 6.04 Å². The summed E-state index contributed by atoms with van der Waals surface area (Å²) in [7, 11) is 0. The van der Waals surface area contributed by atoms with E-state index < -0.39 is 0 Å². The molecular weight excluding hydrogens is 250 g/mol. The Bertz CT molecular complexity index is 399. The van der Waals surface area contributed by atoms with Crippen molar-refractivity contribution in [3.05, 3.63) is 35.9 Å². The van der Waals surface area contributed by atoms with Gasteiger partial charge in [-0.25, -0.2) is 0 Å². The molecule has 0 aromatic heterocycles. The molecule has 1 saturated carbocycles. The van der Waals surface area contributed by atoms with Gasteiger partial charge in [-0.05, 0) is 31.2 Å². The molecule has 1 unspecified atom stereocenters. The Morgan fingerprint density at radius 3 is 2.60 bits per heavy atom. The van der Waals surface area contributed by atoms with Crippen LogP contribution in [0.1, 0.15) is 44.6 Å². The third-order valence-corrected chi connectivity index (χ3v) is 4.03. The first-order chi connectivity index (χ1) is 9.81. The molecule has 3 heteroatoms. The van der Waals surface area contributed by atoms with Crippen LogP contribution in [0.2, 0.25) is 0 Å². The van der Waals surface area contributed by atoms with Gasteiger partial charge in [0.2, 0.25) is 0 Å². The van der Waals surface area contributed by atoms with E-state index in [0.717, 1.165) is 19.4 Å². The SMILES string of the molecule is CCOC(=O)C(NCc1ccccc1)C1CCCCC1. The fourth-order valence-corrected chi connectivity index (χ4v) is 2.97. The second-order valence-corrected chi connectivity index (χ2v) is 5.49. The van der Waals surface area contributed by atoms with Crippen LogP contribution < -0.4 is 5.32 Å². The second kappa shape index (κ2) is 8.05. The third-order valence-electron chi connectivity index (χ3n) is 4.03. The molecule has 0 aliphatic heterocycles. The maximum absolute atomic E-state index is 12.2. The van der Waals surface area contributed by atoms with Gasteiger partial charge in [0.25, 0.3) is 0 Å². The highest BCUT2D eigenvalue weighted by atomic mass is 16.5. The molecule has 0 amide bonds. The number of nitrogens with one attached hydrogen (secondary N) is 1. The Morgan fingerprint density at radius 1 is 1.25 bits per heavy atom. The maximum Gasteiger partial charge on any atom is 0.323 e. The van der Waals surface area contributed by atoms with Crippen LogP contribution in [-0.4, -0.2) is 18.6 Å². The summed E-state index contributed by atoms with van der Waals surface area (Å²) in [6.07, 6.45) is 6.02. The molecule has 0 heterocycles. The number of rotatable bonds is 6. The predicted molar refractivity (Wildman–Crippen MR) is 80.3 cm³/mol. The van der Waals surface area contributed by atoms with Crippen molar-refractivity contribution in [1.29, 1.82) is 0 Å². The molecule has 0 spiro atoms. The van der Waals surface area contributed by atoms with Crippen LogP contribution in [0.3, 0.4) is 0 Å². The molecule has 0 radical (unpaired) electrons. The third kappa shape index (κ3) is 4.34. The first-order valence-electron chi connectivity index (χ1n) is 7.75. The molecule has 1 N–H and O–H groups in total. The normalized spacial score (nSPS) is 17.6. The molecular formula is C17H25NO2. The van der Waals surface area contributed by atoms with Crippen molar-refractivity contribution in [1.82, 2.24) is 5.32 Å². The van der Waals surface area contributed by atoms with Crippen molar-refractivity contribution in [3.8, 4) is 0 Å². The summed E-state index contributed by atoms with van der Waals surface area (Å²) in [5.41, 5.74) is 1.21. The van der Waals surface area contributed by atoms with Crippen LogP contribution >= 0.6 is 0 Å². The van der Waals surface area contributed by atoms with Gasteiger partial charge in [0, 0.05) is 6.54 Å². The van der Waals surface area contributed by atoms with Gasteiger partial charge >= 0.3 is 5.97 Å². The lowest BCUT2D eigenvalue weighted by Crippen LogP contribution is -2.44. The lowest BCUT2D eigenvalue weighted by Gasteiger charge is -2.29. The second-order valence-electron chi connectivity index (χ2n) is 5.49. The van der Waals surface area contributed by atoms with Crippen molar-refractivity contribution in [3.63, 3.8) is 0 Å². The lowest BCUT2D eigenvalue weighted by molar-refractivity contribution is -0.147. The highest BCUT2D eigenvalue weighted by Crippen LogP contribution is 2.27. The first-order valence-corrected chi connectivity index (χ1v) is 7.75. The summed E-state index contributed by atoms with van der Waals surface area (Å²) in [5.74, 6) is 0.335. The van der Waals surface area contributed by atoms with Crippen molar-refractivity contribution in [2.45, 2.75) is 51.6 Å². The van der Waals surface area contributed by atoms with E-state index in [2.05, 4.69) is 17.4 Å². The van der Waals surface area contributed by atoms with Crippen LogP contribution in [-0.2, 0) is 16.1 Å². The van der Waals surface area contributed by atoms with Crippen LogP contribution in [0, 0.1) is 5.92 Å². The smallest absolute Gasteiger partial charge is 0.323 e. The Balaban J connectivity index is 1.96. The number of esters is 1. The Kier molecular flexibility index (Phi) is 6.06. The minimum Gasteiger partial charge on any atom is -0.465 e. The van der Waals surface area contributed by atoms with Crippen LogP contribution in [0.5, 0.6) is 0 Å². The maximum atomic E-state index is 12.2. The van der Waals surface area contributed by atoms with E-state index >= 15 is 0 Å². The van der Waals surface area contributed by atoms with E-state index in [1.165, 1.54) is 24.8 Å². The fourth-order valence-electron chi connectivity index (χ4n) is 2.97. The van der Waals surface area contributed by atoms with Crippen molar-refractivity contribution < 1.29 is 9.53 Å². The molecule has 3 nitrogen and oxygen atoms in total. The lowest BCUT2D eigenvalue weighted by atomic mass is 9.84. The van der Waals surface area contributed by atoms with Gasteiger partial charge in [0.05, 0.1) is 6.61 Å².